The average Bonchev–Trinajstić information content (AvgIpc) is 2.90. The van der Waals surface area contributed by atoms with Crippen LogP contribution in [0.25, 0.3) is 17.0 Å². The zero-order chi connectivity index (χ0) is 22.7. The van der Waals surface area contributed by atoms with Gasteiger partial charge in [0.25, 0.3) is 0 Å². The monoisotopic (exact) mass is 453 g/mol. The summed E-state index contributed by atoms with van der Waals surface area (Å²) >= 11 is 0. The summed E-state index contributed by atoms with van der Waals surface area (Å²) in [5.41, 5.74) is 1.69. The third kappa shape index (κ3) is 4.20. The number of hydrogen-bond donors (Lipinski definition) is 0. The summed E-state index contributed by atoms with van der Waals surface area (Å²) in [4.78, 5) is 14.1. The summed E-state index contributed by atoms with van der Waals surface area (Å²) in [6.07, 6.45) is 4.17. The SMILES string of the molecule is O=P(c1ccccc1)(c1ccccc1)c1nc(C2=CCC(F)C=C2)nc(-c2ccccc2)n1. The van der Waals surface area contributed by atoms with Crippen molar-refractivity contribution in [3.8, 4) is 11.4 Å². The lowest BCUT2D eigenvalue weighted by atomic mass is 10.1. The minimum absolute atomic E-state index is 0.209. The second-order valence-corrected chi connectivity index (χ2v) is 10.4. The normalized spacial score (nSPS) is 15.8. The van der Waals surface area contributed by atoms with Gasteiger partial charge in [-0.15, -0.1) is 0 Å². The standard InChI is InChI=1S/C27H21FN3OP/c28-22-18-16-21(17-19-22)26-29-25(20-10-4-1-5-11-20)30-27(31-26)33(32,23-12-6-2-7-13-23)24-14-8-3-9-15-24/h1-18,22H,19H2. The fourth-order valence-electron chi connectivity index (χ4n) is 3.77. The van der Waals surface area contributed by atoms with E-state index in [1.54, 1.807) is 12.2 Å². The Morgan fingerprint density at radius 2 is 1.27 bits per heavy atom. The van der Waals surface area contributed by atoms with Crippen molar-refractivity contribution in [2.75, 3.05) is 0 Å². The van der Waals surface area contributed by atoms with E-state index in [9.17, 15) is 8.96 Å². The molecule has 0 saturated heterocycles. The quantitative estimate of drug-likeness (QED) is 0.405. The molecule has 3 aromatic carbocycles. The molecule has 0 N–H and O–H groups in total. The average molecular weight is 453 g/mol. The molecule has 0 saturated carbocycles. The van der Waals surface area contributed by atoms with Gasteiger partial charge in [0.2, 0.25) is 12.7 Å². The third-order valence-electron chi connectivity index (χ3n) is 5.48. The van der Waals surface area contributed by atoms with Crippen LogP contribution in [0.2, 0.25) is 0 Å². The first-order valence-electron chi connectivity index (χ1n) is 10.7. The van der Waals surface area contributed by atoms with Gasteiger partial charge in [-0.1, -0.05) is 103 Å². The zero-order valence-electron chi connectivity index (χ0n) is 17.8. The first-order chi connectivity index (χ1) is 16.1. The molecular formula is C27H21FN3OP. The molecule has 4 aromatic rings. The Balaban J connectivity index is 1.77. The van der Waals surface area contributed by atoms with Gasteiger partial charge in [-0.3, -0.25) is 0 Å². The zero-order valence-corrected chi connectivity index (χ0v) is 18.6. The first-order valence-corrected chi connectivity index (χ1v) is 12.4. The highest BCUT2D eigenvalue weighted by atomic mass is 31.2. The minimum atomic E-state index is -3.40. The molecule has 1 atom stereocenters. The molecular weight excluding hydrogens is 432 g/mol. The molecule has 0 spiro atoms. The lowest BCUT2D eigenvalue weighted by molar-refractivity contribution is 0.402. The van der Waals surface area contributed by atoms with E-state index in [0.717, 1.165) is 5.56 Å². The topological polar surface area (TPSA) is 55.7 Å². The highest BCUT2D eigenvalue weighted by Gasteiger charge is 2.34. The van der Waals surface area contributed by atoms with E-state index in [1.165, 1.54) is 6.08 Å². The number of allylic oxidation sites excluding steroid dienone is 4. The molecule has 0 bridgehead atoms. The van der Waals surface area contributed by atoms with Crippen LogP contribution >= 0.6 is 7.14 Å². The Morgan fingerprint density at radius 3 is 1.82 bits per heavy atom. The number of nitrogens with zero attached hydrogens (tertiary/aromatic N) is 3. The molecule has 33 heavy (non-hydrogen) atoms. The fourth-order valence-corrected chi connectivity index (χ4v) is 6.18. The Labute approximate surface area is 192 Å². The number of aromatic nitrogens is 3. The summed E-state index contributed by atoms with van der Waals surface area (Å²) in [5, 5.41) is 1.29. The molecule has 0 amide bonds. The maximum Gasteiger partial charge on any atom is 0.206 e. The molecule has 4 nitrogen and oxygen atoms in total. The van der Waals surface area contributed by atoms with Gasteiger partial charge in [0.15, 0.2) is 11.6 Å². The number of benzene rings is 3. The lowest BCUT2D eigenvalue weighted by Crippen LogP contribution is -2.30. The smallest absolute Gasteiger partial charge is 0.206 e. The van der Waals surface area contributed by atoms with Crippen molar-refractivity contribution in [3.05, 3.63) is 115 Å². The summed E-state index contributed by atoms with van der Waals surface area (Å²) in [5.74, 6) is 0.813. The second kappa shape index (κ2) is 9.05. The molecule has 0 radical (unpaired) electrons. The van der Waals surface area contributed by atoms with Crippen molar-refractivity contribution in [1.29, 1.82) is 0 Å². The van der Waals surface area contributed by atoms with Crippen molar-refractivity contribution in [2.45, 2.75) is 12.6 Å². The summed E-state index contributed by atoms with van der Waals surface area (Å²) < 4.78 is 28.5. The Kier molecular flexibility index (Phi) is 5.80. The van der Waals surface area contributed by atoms with Crippen molar-refractivity contribution < 1.29 is 8.96 Å². The van der Waals surface area contributed by atoms with E-state index in [0.29, 0.717) is 27.8 Å². The molecule has 0 fully saturated rings. The number of halogens is 1. The van der Waals surface area contributed by atoms with Gasteiger partial charge in [0.1, 0.15) is 6.17 Å². The van der Waals surface area contributed by atoms with Gasteiger partial charge < -0.3 is 4.57 Å². The first kappa shape index (κ1) is 21.2. The maximum absolute atomic E-state index is 14.8. The predicted octanol–water partition coefficient (Wildman–Crippen LogP) is 4.86. The second-order valence-electron chi connectivity index (χ2n) is 7.70. The van der Waals surface area contributed by atoms with Crippen LogP contribution in [-0.2, 0) is 4.57 Å². The van der Waals surface area contributed by atoms with Crippen molar-refractivity contribution >= 4 is 28.9 Å². The van der Waals surface area contributed by atoms with Crippen LogP contribution in [0.5, 0.6) is 0 Å². The highest BCUT2D eigenvalue weighted by Crippen LogP contribution is 2.41. The van der Waals surface area contributed by atoms with Crippen molar-refractivity contribution in [3.63, 3.8) is 0 Å². The van der Waals surface area contributed by atoms with E-state index in [1.807, 2.05) is 91.0 Å². The molecule has 6 heteroatoms. The molecule has 1 heterocycles. The van der Waals surface area contributed by atoms with E-state index >= 15 is 0 Å². The molecule has 1 aliphatic carbocycles. The maximum atomic E-state index is 14.8. The highest BCUT2D eigenvalue weighted by molar-refractivity contribution is 7.84. The molecule has 1 aromatic heterocycles. The van der Waals surface area contributed by atoms with Gasteiger partial charge >= 0.3 is 0 Å². The predicted molar refractivity (Wildman–Crippen MR) is 131 cm³/mol. The van der Waals surface area contributed by atoms with E-state index in [-0.39, 0.29) is 12.0 Å². The molecule has 5 rings (SSSR count). The fraction of sp³-hybridized carbons (Fsp3) is 0.0741. The Morgan fingerprint density at radius 1 is 0.727 bits per heavy atom. The van der Waals surface area contributed by atoms with Crippen LogP contribution in [-0.4, -0.2) is 21.1 Å². The summed E-state index contributed by atoms with van der Waals surface area (Å²) in [6.45, 7) is 0. The van der Waals surface area contributed by atoms with Gasteiger partial charge in [-0.05, 0) is 6.08 Å². The van der Waals surface area contributed by atoms with Gasteiger partial charge in [0.05, 0.1) is 0 Å². The molecule has 1 aliphatic rings. The van der Waals surface area contributed by atoms with Crippen LogP contribution in [0.4, 0.5) is 4.39 Å². The van der Waals surface area contributed by atoms with Crippen molar-refractivity contribution in [2.24, 2.45) is 0 Å². The third-order valence-corrected chi connectivity index (χ3v) is 8.30. The molecule has 162 valence electrons. The molecule has 0 aliphatic heterocycles. The van der Waals surface area contributed by atoms with Gasteiger partial charge in [-0.25, -0.2) is 19.3 Å². The van der Waals surface area contributed by atoms with E-state index < -0.39 is 13.3 Å². The molecule has 1 unspecified atom stereocenters. The van der Waals surface area contributed by atoms with Crippen LogP contribution in [0, 0.1) is 0 Å². The van der Waals surface area contributed by atoms with Crippen LogP contribution in [0.1, 0.15) is 12.2 Å². The van der Waals surface area contributed by atoms with E-state index in [2.05, 4.69) is 4.98 Å². The number of rotatable bonds is 5. The number of alkyl halides is 1. The van der Waals surface area contributed by atoms with Gasteiger partial charge in [0, 0.05) is 28.2 Å². The Bertz CT molecular complexity index is 1330. The van der Waals surface area contributed by atoms with Crippen LogP contribution in [0.3, 0.4) is 0 Å². The van der Waals surface area contributed by atoms with Crippen LogP contribution < -0.4 is 16.2 Å². The van der Waals surface area contributed by atoms with Crippen LogP contribution in [0.15, 0.2) is 109 Å². The van der Waals surface area contributed by atoms with Crippen molar-refractivity contribution in [1.82, 2.24) is 15.0 Å². The Hall–Kier alpha value is -3.69. The summed E-state index contributed by atoms with van der Waals surface area (Å²) in [6, 6.07) is 28.1. The lowest BCUT2D eigenvalue weighted by Gasteiger charge is -2.19. The minimum Gasteiger partial charge on any atom is -0.305 e. The van der Waals surface area contributed by atoms with Gasteiger partial charge in [-0.2, -0.15) is 0 Å². The summed E-state index contributed by atoms with van der Waals surface area (Å²) in [7, 11) is -3.40. The largest absolute Gasteiger partial charge is 0.305 e. The number of hydrogen-bond acceptors (Lipinski definition) is 4. The van der Waals surface area contributed by atoms with E-state index in [4.69, 9.17) is 9.97 Å².